The van der Waals surface area contributed by atoms with Crippen molar-refractivity contribution in [2.45, 2.75) is 13.5 Å². The summed E-state index contributed by atoms with van der Waals surface area (Å²) < 4.78 is 44.0. The molecule has 0 bridgehead atoms. The molecule has 1 aliphatic rings. The SMILES string of the molecule is CCOc1cc(/C=C2\N=C(c3cccc(F)c3)OC2=O)cc(Br)c1OCc1ccc(F)cc1. The maximum atomic E-state index is 13.5. The topological polar surface area (TPSA) is 57.1 Å². The van der Waals surface area contributed by atoms with E-state index in [1.807, 2.05) is 6.92 Å². The molecule has 0 saturated carbocycles. The summed E-state index contributed by atoms with van der Waals surface area (Å²) >= 11 is 3.49. The molecule has 3 aromatic rings. The summed E-state index contributed by atoms with van der Waals surface area (Å²) in [7, 11) is 0. The number of rotatable bonds is 7. The number of esters is 1. The van der Waals surface area contributed by atoms with E-state index in [0.717, 1.165) is 5.56 Å². The first-order chi connectivity index (χ1) is 15.9. The van der Waals surface area contributed by atoms with E-state index >= 15 is 0 Å². The van der Waals surface area contributed by atoms with Crippen molar-refractivity contribution in [3.05, 3.63) is 99.2 Å². The van der Waals surface area contributed by atoms with Crippen molar-refractivity contribution in [1.29, 1.82) is 0 Å². The van der Waals surface area contributed by atoms with Crippen molar-refractivity contribution in [2.75, 3.05) is 6.61 Å². The first-order valence-corrected chi connectivity index (χ1v) is 10.8. The molecule has 0 aliphatic carbocycles. The Morgan fingerprint density at radius 2 is 1.82 bits per heavy atom. The Balaban J connectivity index is 1.61. The minimum Gasteiger partial charge on any atom is -0.490 e. The summed E-state index contributed by atoms with van der Waals surface area (Å²) in [6.07, 6.45) is 1.55. The Morgan fingerprint density at radius 3 is 2.55 bits per heavy atom. The standard InChI is InChI=1S/C25H18BrF2NO4/c1-2-31-22-12-16(10-20(26)23(22)32-14-15-6-8-18(27)9-7-15)11-21-25(30)33-24(29-21)17-4-3-5-19(28)13-17/h3-13H,2,14H2,1H3/b21-11-. The Bertz CT molecular complexity index is 1260. The second-order valence-electron chi connectivity index (χ2n) is 7.02. The van der Waals surface area contributed by atoms with Gasteiger partial charge in [0.25, 0.3) is 0 Å². The quantitative estimate of drug-likeness (QED) is 0.285. The Morgan fingerprint density at radius 1 is 1.03 bits per heavy atom. The van der Waals surface area contributed by atoms with Gasteiger partial charge in [0.15, 0.2) is 17.2 Å². The van der Waals surface area contributed by atoms with Crippen LogP contribution in [0.5, 0.6) is 11.5 Å². The number of nitrogens with zero attached hydrogens (tertiary/aromatic N) is 1. The van der Waals surface area contributed by atoms with Gasteiger partial charge >= 0.3 is 5.97 Å². The smallest absolute Gasteiger partial charge is 0.363 e. The molecule has 33 heavy (non-hydrogen) atoms. The van der Waals surface area contributed by atoms with E-state index < -0.39 is 11.8 Å². The Hall–Kier alpha value is -3.52. The van der Waals surface area contributed by atoms with Crippen LogP contribution in [0.3, 0.4) is 0 Å². The van der Waals surface area contributed by atoms with Gasteiger partial charge in [-0.15, -0.1) is 0 Å². The summed E-state index contributed by atoms with van der Waals surface area (Å²) in [6.45, 7) is 2.45. The van der Waals surface area contributed by atoms with Crippen LogP contribution < -0.4 is 9.47 Å². The fraction of sp³-hybridized carbons (Fsp3) is 0.120. The van der Waals surface area contributed by atoms with Crippen molar-refractivity contribution in [3.63, 3.8) is 0 Å². The van der Waals surface area contributed by atoms with Crippen LogP contribution >= 0.6 is 15.9 Å². The van der Waals surface area contributed by atoms with E-state index in [1.54, 1.807) is 36.4 Å². The van der Waals surface area contributed by atoms with Crippen LogP contribution in [0.25, 0.3) is 6.08 Å². The van der Waals surface area contributed by atoms with Gasteiger partial charge in [0.1, 0.15) is 18.2 Å². The summed E-state index contributed by atoms with van der Waals surface area (Å²) in [6, 6.07) is 15.1. The third kappa shape index (κ3) is 5.46. The molecule has 0 N–H and O–H groups in total. The van der Waals surface area contributed by atoms with Gasteiger partial charge in [-0.3, -0.25) is 0 Å². The van der Waals surface area contributed by atoms with Gasteiger partial charge in [0.05, 0.1) is 11.1 Å². The summed E-state index contributed by atoms with van der Waals surface area (Å²) in [5, 5.41) is 0. The van der Waals surface area contributed by atoms with Crippen LogP contribution in [0.15, 0.2) is 75.8 Å². The number of ether oxygens (including phenoxy) is 3. The number of benzene rings is 3. The molecule has 0 atom stereocenters. The molecule has 0 saturated heterocycles. The third-order valence-corrected chi connectivity index (χ3v) is 5.21. The van der Waals surface area contributed by atoms with Crippen LogP contribution in [0.2, 0.25) is 0 Å². The molecule has 0 amide bonds. The predicted octanol–water partition coefficient (Wildman–Crippen LogP) is 6.05. The minimum absolute atomic E-state index is 0.0362. The zero-order valence-electron chi connectivity index (χ0n) is 17.5. The molecule has 1 aliphatic heterocycles. The van der Waals surface area contributed by atoms with Crippen LogP contribution in [-0.2, 0) is 16.1 Å². The average Bonchev–Trinajstić information content (AvgIpc) is 3.15. The highest BCUT2D eigenvalue weighted by Gasteiger charge is 2.25. The van der Waals surface area contributed by atoms with Crippen molar-refractivity contribution in [1.82, 2.24) is 0 Å². The van der Waals surface area contributed by atoms with E-state index in [-0.39, 0.29) is 24.0 Å². The van der Waals surface area contributed by atoms with Gasteiger partial charge in [0, 0.05) is 5.56 Å². The van der Waals surface area contributed by atoms with Crippen LogP contribution in [-0.4, -0.2) is 18.5 Å². The number of halogens is 3. The van der Waals surface area contributed by atoms with Crippen LogP contribution in [0, 0.1) is 11.6 Å². The highest BCUT2D eigenvalue weighted by atomic mass is 79.9. The second kappa shape index (κ2) is 9.95. The monoisotopic (exact) mass is 513 g/mol. The first kappa shape index (κ1) is 22.7. The molecule has 1 heterocycles. The number of hydrogen-bond donors (Lipinski definition) is 0. The number of hydrogen-bond acceptors (Lipinski definition) is 5. The number of carbonyl (C=O) groups is 1. The van der Waals surface area contributed by atoms with E-state index in [2.05, 4.69) is 20.9 Å². The molecule has 8 heteroatoms. The maximum absolute atomic E-state index is 13.5. The van der Waals surface area contributed by atoms with Gasteiger partial charge < -0.3 is 14.2 Å². The van der Waals surface area contributed by atoms with Crippen molar-refractivity contribution in [2.24, 2.45) is 4.99 Å². The molecule has 0 radical (unpaired) electrons. The lowest BCUT2D eigenvalue weighted by Crippen LogP contribution is -2.05. The fourth-order valence-electron chi connectivity index (χ4n) is 3.12. The van der Waals surface area contributed by atoms with Crippen LogP contribution in [0.1, 0.15) is 23.6 Å². The van der Waals surface area contributed by atoms with Gasteiger partial charge in [-0.2, -0.15) is 0 Å². The third-order valence-electron chi connectivity index (χ3n) is 4.62. The molecule has 3 aromatic carbocycles. The summed E-state index contributed by atoms with van der Waals surface area (Å²) in [4.78, 5) is 16.5. The Kier molecular flexibility index (Phi) is 6.84. The first-order valence-electron chi connectivity index (χ1n) is 10.0. The molecule has 0 aromatic heterocycles. The molecular weight excluding hydrogens is 496 g/mol. The lowest BCUT2D eigenvalue weighted by molar-refractivity contribution is -0.129. The largest absolute Gasteiger partial charge is 0.490 e. The van der Waals surface area contributed by atoms with Crippen molar-refractivity contribution in [3.8, 4) is 11.5 Å². The summed E-state index contributed by atoms with van der Waals surface area (Å²) in [5.74, 6) is -0.442. The number of cyclic esters (lactones) is 1. The molecule has 0 spiro atoms. The maximum Gasteiger partial charge on any atom is 0.363 e. The lowest BCUT2D eigenvalue weighted by Gasteiger charge is -2.15. The van der Waals surface area contributed by atoms with E-state index in [1.165, 1.54) is 30.3 Å². The number of carbonyl (C=O) groups excluding carboxylic acids is 1. The predicted molar refractivity (Wildman–Crippen MR) is 123 cm³/mol. The van der Waals surface area contributed by atoms with E-state index in [4.69, 9.17) is 14.2 Å². The van der Waals surface area contributed by atoms with Gasteiger partial charge in [-0.05, 0) is 82.5 Å². The van der Waals surface area contributed by atoms with E-state index in [9.17, 15) is 13.6 Å². The highest BCUT2D eigenvalue weighted by Crippen LogP contribution is 2.38. The van der Waals surface area contributed by atoms with Gasteiger partial charge in [-0.1, -0.05) is 18.2 Å². The Labute approximate surface area is 197 Å². The lowest BCUT2D eigenvalue weighted by atomic mass is 10.1. The molecule has 5 nitrogen and oxygen atoms in total. The van der Waals surface area contributed by atoms with Gasteiger partial charge in [-0.25, -0.2) is 18.6 Å². The molecule has 168 valence electrons. The van der Waals surface area contributed by atoms with E-state index in [0.29, 0.717) is 33.7 Å². The molecule has 0 fully saturated rings. The van der Waals surface area contributed by atoms with Crippen LogP contribution in [0.4, 0.5) is 8.78 Å². The number of aliphatic imine (C=N–C) groups is 1. The zero-order chi connectivity index (χ0) is 23.4. The zero-order valence-corrected chi connectivity index (χ0v) is 19.1. The molecule has 4 rings (SSSR count). The minimum atomic E-state index is -0.639. The van der Waals surface area contributed by atoms with Crippen molar-refractivity contribution < 1.29 is 27.8 Å². The highest BCUT2D eigenvalue weighted by molar-refractivity contribution is 9.10. The molecular formula is C25H18BrF2NO4. The average molecular weight is 514 g/mol. The molecule has 0 unspecified atom stereocenters. The second-order valence-corrected chi connectivity index (χ2v) is 7.88. The normalized spacial score (nSPS) is 14.2. The fourth-order valence-corrected chi connectivity index (χ4v) is 3.70. The van der Waals surface area contributed by atoms with Gasteiger partial charge in [0.2, 0.25) is 5.90 Å². The van der Waals surface area contributed by atoms with Crippen molar-refractivity contribution >= 4 is 33.9 Å². The summed E-state index contributed by atoms with van der Waals surface area (Å²) in [5.41, 5.74) is 1.86.